The van der Waals surface area contributed by atoms with Crippen LogP contribution in [0.2, 0.25) is 5.02 Å². The molecule has 17 heavy (non-hydrogen) atoms. The number of piperidine rings is 1. The molecule has 90 valence electrons. The summed E-state index contributed by atoms with van der Waals surface area (Å²) in [7, 11) is 0. The third-order valence-corrected chi connectivity index (χ3v) is 4.37. The number of rotatable bonds is 2. The molecule has 1 aromatic carbocycles. The summed E-state index contributed by atoms with van der Waals surface area (Å²) in [5.74, 6) is 1.17. The normalized spacial score (nSPS) is 29.9. The Morgan fingerprint density at radius 1 is 1.41 bits per heavy atom. The first-order valence-corrected chi connectivity index (χ1v) is 6.80. The average molecular weight is 316 g/mol. The quantitative estimate of drug-likeness (QED) is 0.877. The van der Waals surface area contributed by atoms with Crippen LogP contribution in [0.15, 0.2) is 22.7 Å². The summed E-state index contributed by atoms with van der Waals surface area (Å²) < 4.78 is 0.881. The van der Waals surface area contributed by atoms with E-state index in [2.05, 4.69) is 26.6 Å². The van der Waals surface area contributed by atoms with E-state index in [0.29, 0.717) is 28.5 Å². The summed E-state index contributed by atoms with van der Waals surface area (Å²) in [5.41, 5.74) is 0.549. The van der Waals surface area contributed by atoms with Crippen LogP contribution < -0.4 is 10.6 Å². The van der Waals surface area contributed by atoms with Gasteiger partial charge in [-0.3, -0.25) is 4.79 Å². The van der Waals surface area contributed by atoms with E-state index in [1.54, 1.807) is 12.1 Å². The number of nitrogens with one attached hydrogen (secondary N) is 2. The minimum atomic E-state index is -0.0677. The summed E-state index contributed by atoms with van der Waals surface area (Å²) in [5, 5.41) is 6.84. The molecule has 3 nitrogen and oxygen atoms in total. The highest BCUT2D eigenvalue weighted by Crippen LogP contribution is 2.41. The van der Waals surface area contributed by atoms with Crippen molar-refractivity contribution in [3.63, 3.8) is 0 Å². The smallest absolute Gasteiger partial charge is 0.253 e. The van der Waals surface area contributed by atoms with E-state index in [-0.39, 0.29) is 5.91 Å². The Kier molecular flexibility index (Phi) is 2.89. The van der Waals surface area contributed by atoms with E-state index in [0.717, 1.165) is 17.6 Å². The fraction of sp³-hybridized carbons (Fsp3) is 0.417. The van der Waals surface area contributed by atoms with E-state index >= 15 is 0 Å². The lowest BCUT2D eigenvalue weighted by molar-refractivity contribution is 0.0946. The maximum absolute atomic E-state index is 12.0. The highest BCUT2D eigenvalue weighted by Gasteiger charge is 2.53. The first kappa shape index (κ1) is 11.5. The second kappa shape index (κ2) is 4.26. The van der Waals surface area contributed by atoms with Crippen molar-refractivity contribution in [1.29, 1.82) is 0 Å². The lowest BCUT2D eigenvalue weighted by Gasteiger charge is -2.09. The highest BCUT2D eigenvalue weighted by molar-refractivity contribution is 9.10. The maximum Gasteiger partial charge on any atom is 0.253 e. The highest BCUT2D eigenvalue weighted by atomic mass is 79.9. The SMILES string of the molecule is O=C(NC1C2CNCC21)c1ccc(Br)cc1Cl. The van der Waals surface area contributed by atoms with Crippen molar-refractivity contribution in [1.82, 2.24) is 10.6 Å². The molecule has 1 heterocycles. The number of hydrogen-bond acceptors (Lipinski definition) is 2. The van der Waals surface area contributed by atoms with E-state index in [4.69, 9.17) is 11.6 Å². The van der Waals surface area contributed by atoms with Crippen LogP contribution in [0, 0.1) is 11.8 Å². The van der Waals surface area contributed by atoms with Gasteiger partial charge in [0.05, 0.1) is 10.6 Å². The number of amides is 1. The molecule has 1 saturated carbocycles. The minimum Gasteiger partial charge on any atom is -0.349 e. The molecule has 1 amide bonds. The molecule has 0 spiro atoms. The Morgan fingerprint density at radius 2 is 2.12 bits per heavy atom. The van der Waals surface area contributed by atoms with Crippen LogP contribution in [-0.4, -0.2) is 25.0 Å². The van der Waals surface area contributed by atoms with Gasteiger partial charge in [-0.25, -0.2) is 0 Å². The predicted octanol–water partition coefficient (Wildman–Crippen LogP) is 2.05. The standard InChI is InChI=1S/C12H12BrClN2O/c13-6-1-2-7(10(14)3-6)12(17)16-11-8-4-15-5-9(8)11/h1-3,8-9,11,15H,4-5H2,(H,16,17). The molecule has 3 rings (SSSR count). The van der Waals surface area contributed by atoms with Crippen molar-refractivity contribution in [3.8, 4) is 0 Å². The number of hydrogen-bond donors (Lipinski definition) is 2. The molecule has 2 aliphatic rings. The molecular formula is C12H12BrClN2O. The molecule has 1 aliphatic heterocycles. The minimum absolute atomic E-state index is 0.0677. The lowest BCUT2D eigenvalue weighted by atomic mass is 10.2. The van der Waals surface area contributed by atoms with E-state index in [1.807, 2.05) is 6.07 Å². The van der Waals surface area contributed by atoms with Crippen molar-refractivity contribution >= 4 is 33.4 Å². The van der Waals surface area contributed by atoms with Crippen LogP contribution in [0.5, 0.6) is 0 Å². The van der Waals surface area contributed by atoms with Crippen molar-refractivity contribution in [2.45, 2.75) is 6.04 Å². The zero-order valence-corrected chi connectivity index (χ0v) is 11.4. The van der Waals surface area contributed by atoms with Gasteiger partial charge in [-0.2, -0.15) is 0 Å². The van der Waals surface area contributed by atoms with Gasteiger partial charge < -0.3 is 10.6 Å². The van der Waals surface area contributed by atoms with Gasteiger partial charge in [-0.05, 0) is 30.0 Å². The van der Waals surface area contributed by atoms with E-state index in [1.165, 1.54) is 0 Å². The van der Waals surface area contributed by atoms with Gasteiger partial charge in [0.15, 0.2) is 0 Å². The molecule has 1 aliphatic carbocycles. The molecule has 5 heteroatoms. The molecule has 2 atom stereocenters. The summed E-state index contributed by atoms with van der Waals surface area (Å²) in [6.07, 6.45) is 0. The van der Waals surface area contributed by atoms with E-state index < -0.39 is 0 Å². The van der Waals surface area contributed by atoms with Crippen molar-refractivity contribution < 1.29 is 4.79 Å². The first-order valence-electron chi connectivity index (χ1n) is 5.63. The van der Waals surface area contributed by atoms with Crippen LogP contribution in [-0.2, 0) is 0 Å². The monoisotopic (exact) mass is 314 g/mol. The predicted molar refractivity (Wildman–Crippen MR) is 70.3 cm³/mol. The topological polar surface area (TPSA) is 41.1 Å². The molecule has 0 bridgehead atoms. The third kappa shape index (κ3) is 2.09. The molecule has 1 aromatic rings. The first-order chi connectivity index (χ1) is 8.16. The van der Waals surface area contributed by atoms with Crippen LogP contribution in [0.3, 0.4) is 0 Å². The Balaban J connectivity index is 1.70. The summed E-state index contributed by atoms with van der Waals surface area (Å²) in [6, 6.07) is 5.66. The van der Waals surface area contributed by atoms with Crippen molar-refractivity contribution in [2.24, 2.45) is 11.8 Å². The number of benzene rings is 1. The molecule has 0 aromatic heterocycles. The Bertz CT molecular complexity index is 470. The Morgan fingerprint density at radius 3 is 2.76 bits per heavy atom. The van der Waals surface area contributed by atoms with Crippen molar-refractivity contribution in [2.75, 3.05) is 13.1 Å². The van der Waals surface area contributed by atoms with Gasteiger partial charge in [-0.15, -0.1) is 0 Å². The second-order valence-corrected chi connectivity index (χ2v) is 5.93. The molecule has 2 N–H and O–H groups in total. The number of carbonyl (C=O) groups excluding carboxylic acids is 1. The third-order valence-electron chi connectivity index (χ3n) is 3.57. The molecular weight excluding hydrogens is 304 g/mol. The van der Waals surface area contributed by atoms with Crippen LogP contribution in [0.1, 0.15) is 10.4 Å². The van der Waals surface area contributed by atoms with Crippen molar-refractivity contribution in [3.05, 3.63) is 33.3 Å². The number of carbonyl (C=O) groups is 1. The molecule has 2 unspecified atom stereocenters. The summed E-state index contributed by atoms with van der Waals surface area (Å²) in [4.78, 5) is 12.0. The van der Waals surface area contributed by atoms with Crippen LogP contribution in [0.4, 0.5) is 0 Å². The number of halogens is 2. The Labute approximate surface area is 113 Å². The van der Waals surface area contributed by atoms with Gasteiger partial charge in [0.1, 0.15) is 0 Å². The fourth-order valence-corrected chi connectivity index (χ4v) is 3.29. The van der Waals surface area contributed by atoms with E-state index in [9.17, 15) is 4.79 Å². The Hall–Kier alpha value is -0.580. The molecule has 2 fully saturated rings. The van der Waals surface area contributed by atoms with Gasteiger partial charge in [-0.1, -0.05) is 27.5 Å². The van der Waals surface area contributed by atoms with Gasteiger partial charge in [0, 0.05) is 23.6 Å². The zero-order valence-electron chi connectivity index (χ0n) is 9.04. The zero-order chi connectivity index (χ0) is 12.0. The van der Waals surface area contributed by atoms with Gasteiger partial charge in [0.2, 0.25) is 0 Å². The number of fused-ring (bicyclic) bond motifs is 1. The second-order valence-electron chi connectivity index (χ2n) is 4.61. The van der Waals surface area contributed by atoms with Gasteiger partial charge >= 0.3 is 0 Å². The van der Waals surface area contributed by atoms with Crippen LogP contribution >= 0.6 is 27.5 Å². The largest absolute Gasteiger partial charge is 0.349 e. The van der Waals surface area contributed by atoms with Gasteiger partial charge in [0.25, 0.3) is 5.91 Å². The molecule has 1 saturated heterocycles. The molecule has 0 radical (unpaired) electrons. The average Bonchev–Trinajstić information content (AvgIpc) is 2.74. The lowest BCUT2D eigenvalue weighted by Crippen LogP contribution is -2.32. The summed E-state index contributed by atoms with van der Waals surface area (Å²) in [6.45, 7) is 2.04. The summed E-state index contributed by atoms with van der Waals surface area (Å²) >= 11 is 9.37. The fourth-order valence-electron chi connectivity index (χ4n) is 2.54. The van der Waals surface area contributed by atoms with Crippen LogP contribution in [0.25, 0.3) is 0 Å². The maximum atomic E-state index is 12.0.